The number of benzene rings is 1. The van der Waals surface area contributed by atoms with Gasteiger partial charge in [0.15, 0.2) is 0 Å². The van der Waals surface area contributed by atoms with Gasteiger partial charge < -0.3 is 14.0 Å². The Hall–Kier alpha value is -1.05. The van der Waals surface area contributed by atoms with Crippen LogP contribution in [-0.2, 0) is 26.8 Å². The van der Waals surface area contributed by atoms with Gasteiger partial charge in [0, 0.05) is 7.11 Å². The van der Waals surface area contributed by atoms with Crippen LogP contribution in [0.5, 0.6) is 0 Å². The molecule has 22 heavy (non-hydrogen) atoms. The van der Waals surface area contributed by atoms with Crippen LogP contribution in [0.25, 0.3) is 0 Å². The predicted octanol–water partition coefficient (Wildman–Crippen LogP) is 3.15. The van der Waals surface area contributed by atoms with E-state index in [0.29, 0.717) is 11.0 Å². The first-order chi connectivity index (χ1) is 9.98. The number of hydrogen-bond acceptors (Lipinski definition) is 3. The first kappa shape index (κ1) is 17.3. The Kier molecular flexibility index (Phi) is 4.36. The van der Waals surface area contributed by atoms with Crippen molar-refractivity contribution in [2.24, 2.45) is 0 Å². The smallest absolute Gasteiger partial charge is 0.399 e. The normalized spacial score (nSPS) is 20.5. The minimum atomic E-state index is -4.41. The van der Waals surface area contributed by atoms with Crippen molar-refractivity contribution in [3.63, 3.8) is 0 Å². The third-order valence-electron chi connectivity index (χ3n) is 4.28. The molecular formula is C15H20BF3O3. The van der Waals surface area contributed by atoms with Gasteiger partial charge in [0.2, 0.25) is 0 Å². The van der Waals surface area contributed by atoms with E-state index >= 15 is 0 Å². The quantitative estimate of drug-likeness (QED) is 0.802. The number of alkyl halides is 3. The van der Waals surface area contributed by atoms with Crippen LogP contribution in [0.2, 0.25) is 0 Å². The molecule has 0 spiro atoms. The van der Waals surface area contributed by atoms with E-state index in [1.54, 1.807) is 0 Å². The topological polar surface area (TPSA) is 27.7 Å². The van der Waals surface area contributed by atoms with Crippen molar-refractivity contribution in [2.75, 3.05) is 7.11 Å². The van der Waals surface area contributed by atoms with Gasteiger partial charge in [-0.2, -0.15) is 13.2 Å². The van der Waals surface area contributed by atoms with Gasteiger partial charge in [-0.25, -0.2) is 0 Å². The van der Waals surface area contributed by atoms with Crippen LogP contribution in [0.15, 0.2) is 18.2 Å². The van der Waals surface area contributed by atoms with Gasteiger partial charge >= 0.3 is 13.3 Å². The lowest BCUT2D eigenvalue weighted by Crippen LogP contribution is -2.41. The third-order valence-corrected chi connectivity index (χ3v) is 4.28. The van der Waals surface area contributed by atoms with Gasteiger partial charge in [-0.3, -0.25) is 0 Å². The molecule has 0 aliphatic carbocycles. The lowest BCUT2D eigenvalue weighted by molar-refractivity contribution is -0.137. The molecule has 0 N–H and O–H groups in total. The van der Waals surface area contributed by atoms with Gasteiger partial charge in [0.25, 0.3) is 0 Å². The average Bonchev–Trinajstić information content (AvgIpc) is 2.57. The molecule has 2 rings (SSSR count). The summed E-state index contributed by atoms with van der Waals surface area (Å²) in [6.45, 7) is 7.62. The van der Waals surface area contributed by atoms with Gasteiger partial charge in [0.1, 0.15) is 0 Å². The Labute approximate surface area is 128 Å². The lowest BCUT2D eigenvalue weighted by atomic mass is 9.75. The zero-order chi connectivity index (χ0) is 16.8. The molecule has 3 nitrogen and oxygen atoms in total. The SMILES string of the molecule is COCc1ccc(C(F)(F)F)cc1B1OC(C)(C)C(C)(C)O1. The number of rotatable bonds is 3. The highest BCUT2D eigenvalue weighted by atomic mass is 19.4. The molecule has 122 valence electrons. The molecule has 1 saturated heterocycles. The molecule has 7 heteroatoms. The Bertz CT molecular complexity index is 539. The van der Waals surface area contributed by atoms with E-state index in [9.17, 15) is 13.2 Å². The summed E-state index contributed by atoms with van der Waals surface area (Å²) in [5, 5.41) is 0. The van der Waals surface area contributed by atoms with Gasteiger partial charge in [-0.05, 0) is 50.9 Å². The maximum Gasteiger partial charge on any atom is 0.495 e. The first-order valence-corrected chi connectivity index (χ1v) is 7.02. The van der Waals surface area contributed by atoms with Crippen molar-refractivity contribution in [3.05, 3.63) is 29.3 Å². The summed E-state index contributed by atoms with van der Waals surface area (Å²) >= 11 is 0. The maximum absolute atomic E-state index is 13.0. The highest BCUT2D eigenvalue weighted by Gasteiger charge is 2.52. The van der Waals surface area contributed by atoms with E-state index in [2.05, 4.69) is 0 Å². The molecule has 1 aromatic carbocycles. The Morgan fingerprint density at radius 1 is 1.09 bits per heavy atom. The van der Waals surface area contributed by atoms with Crippen LogP contribution >= 0.6 is 0 Å². The third kappa shape index (κ3) is 3.16. The fraction of sp³-hybridized carbons (Fsp3) is 0.600. The minimum absolute atomic E-state index is 0.192. The van der Waals surface area contributed by atoms with E-state index in [-0.39, 0.29) is 6.61 Å². The highest BCUT2D eigenvalue weighted by molar-refractivity contribution is 6.62. The molecular weight excluding hydrogens is 296 g/mol. The fourth-order valence-electron chi connectivity index (χ4n) is 2.25. The molecule has 0 amide bonds. The summed E-state index contributed by atoms with van der Waals surface area (Å²) in [5.41, 5.74) is -0.978. The maximum atomic E-state index is 13.0. The highest BCUT2D eigenvalue weighted by Crippen LogP contribution is 2.37. The number of hydrogen-bond donors (Lipinski definition) is 0. The molecule has 0 bridgehead atoms. The summed E-state index contributed by atoms with van der Waals surface area (Å²) < 4.78 is 55.7. The largest absolute Gasteiger partial charge is 0.495 e. The molecule has 0 saturated carbocycles. The molecule has 0 unspecified atom stereocenters. The van der Waals surface area contributed by atoms with E-state index in [1.165, 1.54) is 13.2 Å². The van der Waals surface area contributed by atoms with Crippen LogP contribution in [0.3, 0.4) is 0 Å². The number of halogens is 3. The lowest BCUT2D eigenvalue weighted by Gasteiger charge is -2.32. The van der Waals surface area contributed by atoms with E-state index in [0.717, 1.165) is 12.1 Å². The summed E-state index contributed by atoms with van der Waals surface area (Å²) in [6, 6.07) is 3.53. The first-order valence-electron chi connectivity index (χ1n) is 7.02. The summed E-state index contributed by atoms with van der Waals surface area (Å²) in [4.78, 5) is 0. The Balaban J connectivity index is 2.44. The molecule has 0 radical (unpaired) electrons. The van der Waals surface area contributed by atoms with Crippen molar-refractivity contribution in [1.29, 1.82) is 0 Å². The van der Waals surface area contributed by atoms with Crippen LogP contribution in [0.1, 0.15) is 38.8 Å². The van der Waals surface area contributed by atoms with Crippen molar-refractivity contribution in [1.82, 2.24) is 0 Å². The van der Waals surface area contributed by atoms with Crippen LogP contribution in [0, 0.1) is 0 Å². The van der Waals surface area contributed by atoms with Crippen molar-refractivity contribution in [3.8, 4) is 0 Å². The Morgan fingerprint density at radius 2 is 1.64 bits per heavy atom. The molecule has 1 aromatic rings. The average molecular weight is 316 g/mol. The summed E-state index contributed by atoms with van der Waals surface area (Å²) in [5.74, 6) is 0. The van der Waals surface area contributed by atoms with Gasteiger partial charge in [-0.1, -0.05) is 6.07 Å². The second kappa shape index (κ2) is 5.55. The molecule has 1 fully saturated rings. The van der Waals surface area contributed by atoms with Crippen LogP contribution in [-0.4, -0.2) is 25.4 Å². The molecule has 0 aromatic heterocycles. The van der Waals surface area contributed by atoms with E-state index in [1.807, 2.05) is 27.7 Å². The Morgan fingerprint density at radius 3 is 2.09 bits per heavy atom. The van der Waals surface area contributed by atoms with Gasteiger partial charge in [0.05, 0.1) is 23.4 Å². The van der Waals surface area contributed by atoms with Crippen LogP contribution < -0.4 is 5.46 Å². The summed E-state index contributed by atoms with van der Waals surface area (Å²) in [7, 11) is 0.642. The summed E-state index contributed by atoms with van der Waals surface area (Å²) in [6.07, 6.45) is -4.41. The second-order valence-corrected chi connectivity index (χ2v) is 6.43. The van der Waals surface area contributed by atoms with E-state index in [4.69, 9.17) is 14.0 Å². The fourth-order valence-corrected chi connectivity index (χ4v) is 2.25. The van der Waals surface area contributed by atoms with Gasteiger partial charge in [-0.15, -0.1) is 0 Å². The van der Waals surface area contributed by atoms with Crippen LogP contribution in [0.4, 0.5) is 13.2 Å². The molecule has 1 heterocycles. The monoisotopic (exact) mass is 316 g/mol. The molecule has 1 aliphatic heterocycles. The van der Waals surface area contributed by atoms with E-state index < -0.39 is 30.1 Å². The minimum Gasteiger partial charge on any atom is -0.399 e. The van der Waals surface area contributed by atoms with Crippen molar-refractivity contribution < 1.29 is 27.2 Å². The zero-order valence-electron chi connectivity index (χ0n) is 13.4. The number of ether oxygens (including phenoxy) is 1. The molecule has 0 atom stereocenters. The standard InChI is InChI=1S/C15H20BF3O3/c1-13(2)14(3,4)22-16(21-13)12-8-11(15(17,18)19)7-6-10(12)9-20-5/h6-8H,9H2,1-5H3. The number of methoxy groups -OCH3 is 1. The zero-order valence-corrected chi connectivity index (χ0v) is 13.4. The second-order valence-electron chi connectivity index (χ2n) is 6.43. The predicted molar refractivity (Wildman–Crippen MR) is 77.9 cm³/mol. The molecule has 1 aliphatic rings. The van der Waals surface area contributed by atoms with Crippen molar-refractivity contribution >= 4 is 12.6 Å². The van der Waals surface area contributed by atoms with Crippen molar-refractivity contribution in [2.45, 2.75) is 51.7 Å².